The van der Waals surface area contributed by atoms with Crippen molar-refractivity contribution in [2.24, 2.45) is 0 Å². The third kappa shape index (κ3) is 5.84. The number of rotatable bonds is 9. The van der Waals surface area contributed by atoms with Crippen LogP contribution in [-0.4, -0.2) is 45.6 Å². The van der Waals surface area contributed by atoms with Crippen LogP contribution in [0, 0.1) is 6.92 Å². The molecule has 2 atom stereocenters. The van der Waals surface area contributed by atoms with Gasteiger partial charge in [-0.3, -0.25) is 19.4 Å². The number of aromatic amines is 1. The van der Waals surface area contributed by atoms with E-state index in [1.165, 1.54) is 0 Å². The zero-order valence-corrected chi connectivity index (χ0v) is 19.9. The Morgan fingerprint density at radius 1 is 1.00 bits per heavy atom. The Morgan fingerprint density at radius 2 is 1.72 bits per heavy atom. The summed E-state index contributed by atoms with van der Waals surface area (Å²) >= 11 is 0. The van der Waals surface area contributed by atoms with Gasteiger partial charge in [-0.15, -0.1) is 0 Å². The average Bonchev–Trinajstić information content (AvgIpc) is 2.91. The summed E-state index contributed by atoms with van der Waals surface area (Å²) in [6.07, 6.45) is 0.895. The first kappa shape index (κ1) is 24.8. The minimum Gasteiger partial charge on any atom is -0.381 e. The number of carbonyl (C=O) groups is 2. The van der Waals surface area contributed by atoms with Crippen molar-refractivity contribution in [2.45, 2.75) is 31.9 Å². The van der Waals surface area contributed by atoms with E-state index in [4.69, 9.17) is 0 Å². The Balaban J connectivity index is 1.52. The minimum absolute atomic E-state index is 0.0968. The van der Waals surface area contributed by atoms with Gasteiger partial charge >= 0.3 is 0 Å². The number of carbonyl (C=O) groups excluding carboxylic acids is 2. The lowest BCUT2D eigenvalue weighted by Gasteiger charge is -2.24. The molecule has 0 fully saturated rings. The van der Waals surface area contributed by atoms with Crippen LogP contribution >= 0.6 is 0 Å². The van der Waals surface area contributed by atoms with Gasteiger partial charge in [-0.2, -0.15) is 0 Å². The number of nitrogens with zero attached hydrogens (tertiary/aromatic N) is 1. The number of para-hydroxylation sites is 1. The van der Waals surface area contributed by atoms with Crippen LogP contribution in [0.3, 0.4) is 0 Å². The van der Waals surface area contributed by atoms with Gasteiger partial charge in [-0.1, -0.05) is 48.5 Å². The van der Waals surface area contributed by atoms with E-state index < -0.39 is 24.0 Å². The Bertz CT molecular complexity index is 1400. The van der Waals surface area contributed by atoms with Crippen LogP contribution in [0.2, 0.25) is 0 Å². The third-order valence-electron chi connectivity index (χ3n) is 6.05. The predicted octanol–water partition coefficient (Wildman–Crippen LogP) is 2.29. The number of aliphatic hydroxyl groups is 1. The van der Waals surface area contributed by atoms with E-state index in [-0.39, 0.29) is 29.7 Å². The minimum atomic E-state index is -1.51. The Kier molecular flexibility index (Phi) is 7.87. The highest BCUT2D eigenvalue weighted by molar-refractivity contribution is 5.97. The molecule has 0 saturated heterocycles. The number of hydrogen-bond donors (Lipinski definition) is 4. The number of nitrogens with one attached hydrogen (secondary N) is 3. The SMILES string of the molecule is Cc1c(C(=O)N[C@@H](Cc2ccccc2)C(O)C(=O)NCCc2ccccn2)[nH]c2ccccc2c1=O. The van der Waals surface area contributed by atoms with Crippen molar-refractivity contribution in [3.63, 3.8) is 0 Å². The van der Waals surface area contributed by atoms with E-state index >= 15 is 0 Å². The average molecular weight is 485 g/mol. The van der Waals surface area contributed by atoms with Gasteiger partial charge in [-0.25, -0.2) is 0 Å². The van der Waals surface area contributed by atoms with Gasteiger partial charge in [0.05, 0.1) is 6.04 Å². The fourth-order valence-electron chi connectivity index (χ4n) is 4.06. The molecule has 0 bridgehead atoms. The highest BCUT2D eigenvalue weighted by Gasteiger charge is 2.29. The number of benzene rings is 2. The molecule has 0 aliphatic heterocycles. The molecule has 0 aliphatic carbocycles. The number of aromatic nitrogens is 2. The summed E-state index contributed by atoms with van der Waals surface area (Å²) in [7, 11) is 0. The van der Waals surface area contributed by atoms with Crippen LogP contribution < -0.4 is 16.1 Å². The summed E-state index contributed by atoms with van der Waals surface area (Å²) in [5, 5.41) is 16.9. The van der Waals surface area contributed by atoms with Crippen LogP contribution in [0.15, 0.2) is 83.8 Å². The molecule has 4 N–H and O–H groups in total. The zero-order chi connectivity index (χ0) is 25.5. The Morgan fingerprint density at radius 3 is 2.47 bits per heavy atom. The molecule has 0 aliphatic rings. The predicted molar refractivity (Wildman–Crippen MR) is 138 cm³/mol. The molecular formula is C28H28N4O4. The van der Waals surface area contributed by atoms with Gasteiger partial charge in [0, 0.05) is 41.3 Å². The van der Waals surface area contributed by atoms with Gasteiger partial charge in [0.15, 0.2) is 11.5 Å². The van der Waals surface area contributed by atoms with Crippen molar-refractivity contribution in [3.05, 3.63) is 112 Å². The lowest BCUT2D eigenvalue weighted by atomic mass is 10.00. The first-order chi connectivity index (χ1) is 17.4. The van der Waals surface area contributed by atoms with Gasteiger partial charge in [0.1, 0.15) is 5.69 Å². The second kappa shape index (κ2) is 11.4. The molecule has 1 unspecified atom stereocenters. The van der Waals surface area contributed by atoms with E-state index in [9.17, 15) is 19.5 Å². The molecule has 2 heterocycles. The number of aliphatic hydroxyl groups excluding tert-OH is 1. The molecule has 2 aromatic carbocycles. The third-order valence-corrected chi connectivity index (χ3v) is 6.05. The number of fused-ring (bicyclic) bond motifs is 1. The van der Waals surface area contributed by atoms with E-state index in [1.54, 1.807) is 37.4 Å². The monoisotopic (exact) mass is 484 g/mol. The van der Waals surface area contributed by atoms with E-state index in [1.807, 2.05) is 48.5 Å². The summed E-state index contributed by atoms with van der Waals surface area (Å²) in [5.41, 5.74) is 2.30. The van der Waals surface area contributed by atoms with Crippen LogP contribution in [-0.2, 0) is 17.6 Å². The summed E-state index contributed by atoms with van der Waals surface area (Å²) in [5.74, 6) is -1.17. The summed E-state index contributed by atoms with van der Waals surface area (Å²) in [6, 6.07) is 20.8. The van der Waals surface area contributed by atoms with Crippen LogP contribution in [0.1, 0.15) is 27.3 Å². The Hall–Kier alpha value is -4.30. The molecule has 0 saturated carbocycles. The fraction of sp³-hybridized carbons (Fsp3) is 0.214. The largest absolute Gasteiger partial charge is 0.381 e. The van der Waals surface area contributed by atoms with Crippen molar-refractivity contribution in [2.75, 3.05) is 6.54 Å². The van der Waals surface area contributed by atoms with Crippen LogP contribution in [0.5, 0.6) is 0 Å². The quantitative estimate of drug-likeness (QED) is 0.290. The topological polar surface area (TPSA) is 124 Å². The molecule has 8 nitrogen and oxygen atoms in total. The molecule has 4 aromatic rings. The second-order valence-corrected chi connectivity index (χ2v) is 8.58. The van der Waals surface area contributed by atoms with Gasteiger partial charge in [0.25, 0.3) is 11.8 Å². The van der Waals surface area contributed by atoms with E-state index in [0.29, 0.717) is 17.3 Å². The zero-order valence-electron chi connectivity index (χ0n) is 19.9. The smallest absolute Gasteiger partial charge is 0.268 e. The normalized spacial score (nSPS) is 12.6. The molecule has 184 valence electrons. The van der Waals surface area contributed by atoms with Crippen LogP contribution in [0.4, 0.5) is 0 Å². The molecular weight excluding hydrogens is 456 g/mol. The maximum absolute atomic E-state index is 13.3. The standard InChI is InChI=1S/C28H28N4O4/c1-18-24(31-22-13-6-5-12-21(22)25(18)33)27(35)32-23(17-19-9-3-2-4-10-19)26(34)28(36)30-16-14-20-11-7-8-15-29-20/h2-13,15,23,26,34H,14,16-17H2,1H3,(H,30,36)(H,31,33)(H,32,35)/t23-,26?/m0/s1. The highest BCUT2D eigenvalue weighted by Crippen LogP contribution is 2.13. The number of amides is 2. The molecule has 36 heavy (non-hydrogen) atoms. The van der Waals surface area contributed by atoms with Crippen molar-refractivity contribution < 1.29 is 14.7 Å². The van der Waals surface area contributed by atoms with Crippen molar-refractivity contribution in [1.82, 2.24) is 20.6 Å². The number of H-pyrrole nitrogens is 1. The van der Waals surface area contributed by atoms with Crippen LogP contribution in [0.25, 0.3) is 10.9 Å². The molecule has 2 amide bonds. The van der Waals surface area contributed by atoms with E-state index in [0.717, 1.165) is 11.3 Å². The lowest BCUT2D eigenvalue weighted by molar-refractivity contribution is -0.130. The Labute approximate surface area is 208 Å². The maximum Gasteiger partial charge on any atom is 0.268 e. The number of hydrogen-bond acceptors (Lipinski definition) is 5. The lowest BCUT2D eigenvalue weighted by Crippen LogP contribution is -2.52. The first-order valence-electron chi connectivity index (χ1n) is 11.8. The van der Waals surface area contributed by atoms with E-state index in [2.05, 4.69) is 20.6 Å². The summed E-state index contributed by atoms with van der Waals surface area (Å²) < 4.78 is 0. The molecule has 2 aromatic heterocycles. The van der Waals surface area contributed by atoms with Crippen molar-refractivity contribution in [1.29, 1.82) is 0 Å². The maximum atomic E-state index is 13.3. The number of pyridine rings is 2. The van der Waals surface area contributed by atoms with Gasteiger partial charge in [-0.05, 0) is 43.2 Å². The molecule has 0 radical (unpaired) electrons. The van der Waals surface area contributed by atoms with Crippen molar-refractivity contribution in [3.8, 4) is 0 Å². The first-order valence-corrected chi connectivity index (χ1v) is 11.8. The second-order valence-electron chi connectivity index (χ2n) is 8.58. The fourth-order valence-corrected chi connectivity index (χ4v) is 4.06. The summed E-state index contributed by atoms with van der Waals surface area (Å²) in [4.78, 5) is 46.1. The van der Waals surface area contributed by atoms with Crippen molar-refractivity contribution >= 4 is 22.7 Å². The highest BCUT2D eigenvalue weighted by atomic mass is 16.3. The molecule has 8 heteroatoms. The summed E-state index contributed by atoms with van der Waals surface area (Å²) in [6.45, 7) is 1.86. The van der Waals surface area contributed by atoms with Gasteiger partial charge in [0.2, 0.25) is 0 Å². The molecule has 4 rings (SSSR count). The van der Waals surface area contributed by atoms with Gasteiger partial charge < -0.3 is 20.7 Å². The molecule has 0 spiro atoms.